The van der Waals surface area contributed by atoms with Crippen LogP contribution in [0.3, 0.4) is 0 Å². The summed E-state index contributed by atoms with van der Waals surface area (Å²) < 4.78 is 1.66. The zero-order valence-electron chi connectivity index (χ0n) is 20.9. The molecule has 5 rings (SSSR count). The summed E-state index contributed by atoms with van der Waals surface area (Å²) in [5.41, 5.74) is 1.64. The van der Waals surface area contributed by atoms with Crippen molar-refractivity contribution in [2.45, 2.75) is 19.0 Å². The van der Waals surface area contributed by atoms with Gasteiger partial charge in [0.2, 0.25) is 11.9 Å². The van der Waals surface area contributed by atoms with E-state index in [1.807, 2.05) is 47.4 Å². The standard InChI is InChI=1S/C27H26Cl2N8O2/c28-20-8-6-19(7-9-20)16-31-25(38)14-22-17-35(27(39)32-21-4-2-1-3-5-21)12-13-37(22)24-15-23(29)33-26(34-24)36-11-10-30-18-36/h1-11,15,18,22H,12-14,16-17H2,(H,31,38)(H,32,39). The molecule has 2 aromatic carbocycles. The summed E-state index contributed by atoms with van der Waals surface area (Å²) in [6.45, 7) is 1.57. The van der Waals surface area contributed by atoms with Crippen LogP contribution >= 0.6 is 23.2 Å². The second-order valence-corrected chi connectivity index (χ2v) is 9.84. The highest BCUT2D eigenvalue weighted by Crippen LogP contribution is 2.25. The molecule has 39 heavy (non-hydrogen) atoms. The second kappa shape index (κ2) is 12.1. The van der Waals surface area contributed by atoms with Crippen molar-refractivity contribution in [3.63, 3.8) is 0 Å². The minimum Gasteiger partial charge on any atom is -0.352 e. The third-order valence-electron chi connectivity index (χ3n) is 6.32. The van der Waals surface area contributed by atoms with E-state index in [9.17, 15) is 9.59 Å². The second-order valence-electron chi connectivity index (χ2n) is 9.02. The number of aromatic nitrogens is 4. The van der Waals surface area contributed by atoms with Crippen LogP contribution in [0.5, 0.6) is 0 Å². The van der Waals surface area contributed by atoms with Crippen LogP contribution < -0.4 is 15.5 Å². The summed E-state index contributed by atoms with van der Waals surface area (Å²) in [5, 5.41) is 6.79. The number of amides is 3. The maximum Gasteiger partial charge on any atom is 0.321 e. The van der Waals surface area contributed by atoms with Crippen molar-refractivity contribution in [3.05, 3.63) is 95.1 Å². The zero-order valence-corrected chi connectivity index (χ0v) is 22.4. The van der Waals surface area contributed by atoms with Crippen LogP contribution in [0.4, 0.5) is 16.3 Å². The van der Waals surface area contributed by atoms with E-state index in [0.717, 1.165) is 5.56 Å². The number of hydrogen-bond acceptors (Lipinski definition) is 6. The van der Waals surface area contributed by atoms with Crippen LogP contribution in [0.1, 0.15) is 12.0 Å². The van der Waals surface area contributed by atoms with E-state index in [1.54, 1.807) is 46.4 Å². The number of urea groups is 1. The first-order valence-electron chi connectivity index (χ1n) is 12.4. The highest BCUT2D eigenvalue weighted by atomic mass is 35.5. The van der Waals surface area contributed by atoms with Gasteiger partial charge in [-0.2, -0.15) is 4.98 Å². The number of rotatable bonds is 7. The highest BCUT2D eigenvalue weighted by molar-refractivity contribution is 6.30. The molecule has 0 spiro atoms. The number of nitrogens with one attached hydrogen (secondary N) is 2. The Balaban J connectivity index is 1.34. The van der Waals surface area contributed by atoms with E-state index in [4.69, 9.17) is 23.2 Å². The van der Waals surface area contributed by atoms with Crippen molar-refractivity contribution in [1.82, 2.24) is 29.7 Å². The van der Waals surface area contributed by atoms with E-state index >= 15 is 0 Å². The van der Waals surface area contributed by atoms with Gasteiger partial charge in [0, 0.05) is 61.8 Å². The van der Waals surface area contributed by atoms with Gasteiger partial charge >= 0.3 is 6.03 Å². The molecule has 1 fully saturated rings. The lowest BCUT2D eigenvalue weighted by molar-refractivity contribution is -0.121. The molecular formula is C27H26Cl2N8O2. The molecule has 1 saturated heterocycles. The molecule has 0 radical (unpaired) electrons. The maximum atomic E-state index is 13.1. The van der Waals surface area contributed by atoms with Crippen LogP contribution in [0.25, 0.3) is 5.95 Å². The summed E-state index contributed by atoms with van der Waals surface area (Å²) in [6, 6.07) is 17.6. The molecule has 0 saturated carbocycles. The van der Waals surface area contributed by atoms with E-state index in [1.165, 1.54) is 0 Å². The van der Waals surface area contributed by atoms with Gasteiger partial charge in [0.05, 0.1) is 6.04 Å². The average Bonchev–Trinajstić information content (AvgIpc) is 3.48. The summed E-state index contributed by atoms with van der Waals surface area (Å²) in [7, 11) is 0. The van der Waals surface area contributed by atoms with Crippen LogP contribution in [0.2, 0.25) is 10.2 Å². The zero-order chi connectivity index (χ0) is 27.2. The van der Waals surface area contributed by atoms with Gasteiger partial charge < -0.3 is 20.4 Å². The van der Waals surface area contributed by atoms with Crippen LogP contribution in [-0.4, -0.2) is 62.0 Å². The molecule has 200 valence electrons. The number of carbonyl (C=O) groups excluding carboxylic acids is 2. The lowest BCUT2D eigenvalue weighted by atomic mass is 10.1. The summed E-state index contributed by atoms with van der Waals surface area (Å²) in [5.74, 6) is 0.780. The number of carbonyl (C=O) groups is 2. The number of piperazine rings is 1. The molecule has 0 aliphatic carbocycles. The number of hydrogen-bond donors (Lipinski definition) is 2. The topological polar surface area (TPSA) is 108 Å². The van der Waals surface area contributed by atoms with Gasteiger partial charge in [0.1, 0.15) is 17.3 Å². The number of benzene rings is 2. The first-order chi connectivity index (χ1) is 18.9. The van der Waals surface area contributed by atoms with Gasteiger partial charge in [-0.25, -0.2) is 14.8 Å². The molecule has 1 aliphatic heterocycles. The Morgan fingerprint density at radius 3 is 2.54 bits per heavy atom. The maximum absolute atomic E-state index is 13.1. The highest BCUT2D eigenvalue weighted by Gasteiger charge is 2.32. The van der Waals surface area contributed by atoms with E-state index in [-0.39, 0.29) is 29.6 Å². The Kier molecular flexibility index (Phi) is 8.24. The molecule has 0 bridgehead atoms. The lowest BCUT2D eigenvalue weighted by Gasteiger charge is -2.42. The van der Waals surface area contributed by atoms with E-state index in [0.29, 0.717) is 48.7 Å². The molecular weight excluding hydrogens is 539 g/mol. The Hall–Kier alpha value is -4.15. The molecule has 1 aliphatic rings. The molecule has 1 atom stereocenters. The van der Waals surface area contributed by atoms with Gasteiger partial charge in [0.15, 0.2) is 0 Å². The van der Waals surface area contributed by atoms with Crippen molar-refractivity contribution in [1.29, 1.82) is 0 Å². The van der Waals surface area contributed by atoms with Gasteiger partial charge in [0.25, 0.3) is 0 Å². The van der Waals surface area contributed by atoms with E-state index in [2.05, 4.69) is 25.6 Å². The Labute approximate surface area is 235 Å². The summed E-state index contributed by atoms with van der Waals surface area (Å²) in [4.78, 5) is 42.9. The number of imidazole rings is 1. The molecule has 4 aromatic rings. The predicted molar refractivity (Wildman–Crippen MR) is 150 cm³/mol. The number of anilines is 2. The number of para-hydroxylation sites is 1. The van der Waals surface area contributed by atoms with Gasteiger partial charge in [-0.05, 0) is 29.8 Å². The van der Waals surface area contributed by atoms with Gasteiger partial charge in [-0.15, -0.1) is 0 Å². The third-order valence-corrected chi connectivity index (χ3v) is 6.76. The van der Waals surface area contributed by atoms with Crippen molar-refractivity contribution in [3.8, 4) is 5.95 Å². The van der Waals surface area contributed by atoms with Crippen LogP contribution in [0, 0.1) is 0 Å². The fraction of sp³-hybridized carbons (Fsp3) is 0.222. The summed E-state index contributed by atoms with van der Waals surface area (Å²) >= 11 is 12.3. The van der Waals surface area contributed by atoms with Crippen molar-refractivity contribution >= 4 is 46.6 Å². The Bertz CT molecular complexity index is 1420. The van der Waals surface area contributed by atoms with Gasteiger partial charge in [-0.3, -0.25) is 9.36 Å². The van der Waals surface area contributed by atoms with Crippen molar-refractivity contribution in [2.24, 2.45) is 0 Å². The van der Waals surface area contributed by atoms with E-state index < -0.39 is 0 Å². The monoisotopic (exact) mass is 564 g/mol. The molecule has 3 heterocycles. The molecule has 3 amide bonds. The van der Waals surface area contributed by atoms with Crippen molar-refractivity contribution in [2.75, 3.05) is 29.9 Å². The smallest absolute Gasteiger partial charge is 0.321 e. The average molecular weight is 565 g/mol. The largest absolute Gasteiger partial charge is 0.352 e. The quantitative estimate of drug-likeness (QED) is 0.322. The molecule has 10 nitrogen and oxygen atoms in total. The van der Waals surface area contributed by atoms with Crippen LogP contribution in [0.15, 0.2) is 79.4 Å². The Morgan fingerprint density at radius 1 is 1.00 bits per heavy atom. The molecule has 12 heteroatoms. The minimum atomic E-state index is -0.355. The SMILES string of the molecule is O=C(CC1CN(C(=O)Nc2ccccc2)CCN1c1cc(Cl)nc(-n2ccnc2)n1)NCc1ccc(Cl)cc1. The molecule has 1 unspecified atom stereocenters. The fourth-order valence-electron chi connectivity index (χ4n) is 4.36. The lowest BCUT2D eigenvalue weighted by Crippen LogP contribution is -2.57. The Morgan fingerprint density at radius 2 is 1.79 bits per heavy atom. The first kappa shape index (κ1) is 26.5. The molecule has 2 aromatic heterocycles. The predicted octanol–water partition coefficient (Wildman–Crippen LogP) is 4.40. The minimum absolute atomic E-state index is 0.144. The van der Waals surface area contributed by atoms with Crippen LogP contribution in [-0.2, 0) is 11.3 Å². The number of nitrogens with zero attached hydrogens (tertiary/aromatic N) is 6. The third kappa shape index (κ3) is 6.84. The normalized spacial score (nSPS) is 15.2. The summed E-state index contributed by atoms with van der Waals surface area (Å²) in [6.07, 6.45) is 5.08. The van der Waals surface area contributed by atoms with Crippen molar-refractivity contribution < 1.29 is 9.59 Å². The van der Waals surface area contributed by atoms with Gasteiger partial charge in [-0.1, -0.05) is 53.5 Å². The fourth-order valence-corrected chi connectivity index (χ4v) is 4.66. The number of halogens is 2. The molecule has 2 N–H and O–H groups in total. The first-order valence-corrected chi connectivity index (χ1v) is 13.1.